The third-order valence-electron chi connectivity index (χ3n) is 11.5. The third-order valence-corrected chi connectivity index (χ3v) is 11.5. The highest BCUT2D eigenvalue weighted by Crippen LogP contribution is 2.20. The Hall–Kier alpha value is -4.12. The Morgan fingerprint density at radius 3 is 1.16 bits per heavy atom. The summed E-state index contributed by atoms with van der Waals surface area (Å²) < 4.78 is 17.4. The van der Waals surface area contributed by atoms with Crippen LogP contribution in [-0.2, 0) is 4.79 Å². The monoisotopic (exact) mass is 835 g/mol. The fourth-order valence-electron chi connectivity index (χ4n) is 7.62. The van der Waals surface area contributed by atoms with Crippen LogP contribution in [0.2, 0.25) is 0 Å². The van der Waals surface area contributed by atoms with E-state index in [1.54, 1.807) is 42.5 Å². The number of rotatable bonds is 38. The normalized spacial score (nSPS) is 11.4. The third kappa shape index (κ3) is 26.7. The average molecular weight is 835 g/mol. The summed E-state index contributed by atoms with van der Waals surface area (Å²) in [6.45, 7) is 6.00. The Morgan fingerprint density at radius 2 is 0.770 bits per heavy atom. The molecule has 3 aromatic rings. The minimum absolute atomic E-state index is 0.168. The van der Waals surface area contributed by atoms with Gasteiger partial charge in [-0.25, -0.2) is 4.79 Å². The van der Waals surface area contributed by atoms with Gasteiger partial charge in [0.05, 0.1) is 13.2 Å². The van der Waals surface area contributed by atoms with Crippen LogP contribution in [0.5, 0.6) is 17.2 Å². The summed E-state index contributed by atoms with van der Waals surface area (Å²) in [7, 11) is 0. The van der Waals surface area contributed by atoms with E-state index in [0.717, 1.165) is 48.7 Å². The topological polar surface area (TPSA) is 61.8 Å². The molecule has 0 N–H and O–H groups in total. The molecule has 0 spiro atoms. The first-order valence-corrected chi connectivity index (χ1v) is 24.8. The number of esters is 1. The van der Waals surface area contributed by atoms with E-state index in [0.29, 0.717) is 11.3 Å². The number of carbonyl (C=O) groups is 2. The van der Waals surface area contributed by atoms with Gasteiger partial charge >= 0.3 is 5.97 Å². The molecule has 0 heterocycles. The largest absolute Gasteiger partial charge is 0.494 e. The summed E-state index contributed by atoms with van der Waals surface area (Å²) in [5, 5.41) is 0. The lowest BCUT2D eigenvalue weighted by molar-refractivity contribution is -0.128. The van der Waals surface area contributed by atoms with E-state index in [1.165, 1.54) is 173 Å². The van der Waals surface area contributed by atoms with Crippen LogP contribution in [0, 0.1) is 0 Å². The molecule has 0 saturated heterocycles. The van der Waals surface area contributed by atoms with Gasteiger partial charge in [0.1, 0.15) is 17.2 Å². The summed E-state index contributed by atoms with van der Waals surface area (Å²) in [6.07, 6.45) is 44.1. The maximum absolute atomic E-state index is 13.0. The number of ketones is 1. The standard InChI is InChI=1S/C56H82O5/c1-3-5-7-9-11-13-15-17-18-19-20-22-24-26-28-29-46-59-52-40-34-49(35-41-52)38-44-55(57)51-32-31-33-54(48-51)61-56(58)45-39-50-36-42-53(43-37-50)60-47-30-27-25-23-21-16-14-12-10-8-6-4-2/h31-45,48H,3-30,46-47H2,1-2H3/b44-38+,45-39+. The predicted octanol–water partition coefficient (Wildman–Crippen LogP) is 16.9. The molecule has 5 heteroatoms. The van der Waals surface area contributed by atoms with Crippen molar-refractivity contribution in [1.82, 2.24) is 0 Å². The van der Waals surface area contributed by atoms with Crippen LogP contribution in [0.15, 0.2) is 84.9 Å². The van der Waals surface area contributed by atoms with Crippen molar-refractivity contribution >= 4 is 23.9 Å². The fraction of sp³-hybridized carbons (Fsp3) is 0.571. The van der Waals surface area contributed by atoms with Crippen molar-refractivity contribution in [2.75, 3.05) is 13.2 Å². The van der Waals surface area contributed by atoms with Crippen LogP contribution in [0.1, 0.15) is 215 Å². The molecule has 0 radical (unpaired) electrons. The van der Waals surface area contributed by atoms with Crippen molar-refractivity contribution in [3.8, 4) is 17.2 Å². The summed E-state index contributed by atoms with van der Waals surface area (Å²) in [4.78, 5) is 25.5. The molecule has 0 atom stereocenters. The SMILES string of the molecule is CCCCCCCCCCCCCCCCCCOc1ccc(/C=C/C(=O)c2cccc(OC(=O)/C=C/c3ccc(OCCCCCCCCCCCCCC)cc3)c2)cc1. The molecule has 3 aromatic carbocycles. The summed E-state index contributed by atoms with van der Waals surface area (Å²) >= 11 is 0. The smallest absolute Gasteiger partial charge is 0.336 e. The minimum Gasteiger partial charge on any atom is -0.494 e. The summed E-state index contributed by atoms with van der Waals surface area (Å²) in [5.74, 6) is 1.32. The second-order valence-corrected chi connectivity index (χ2v) is 17.0. The van der Waals surface area contributed by atoms with Gasteiger partial charge < -0.3 is 14.2 Å². The summed E-state index contributed by atoms with van der Waals surface area (Å²) in [6, 6.07) is 22.2. The lowest BCUT2D eigenvalue weighted by Crippen LogP contribution is -2.04. The molecule has 0 saturated carbocycles. The van der Waals surface area contributed by atoms with Gasteiger partial charge in [0.2, 0.25) is 0 Å². The van der Waals surface area contributed by atoms with Gasteiger partial charge in [0.15, 0.2) is 5.78 Å². The van der Waals surface area contributed by atoms with Crippen LogP contribution in [-0.4, -0.2) is 25.0 Å². The second kappa shape index (κ2) is 35.5. The van der Waals surface area contributed by atoms with E-state index in [9.17, 15) is 9.59 Å². The maximum Gasteiger partial charge on any atom is 0.336 e. The Bertz CT molecular complexity index is 1590. The molecule has 61 heavy (non-hydrogen) atoms. The van der Waals surface area contributed by atoms with Crippen LogP contribution >= 0.6 is 0 Å². The first kappa shape index (κ1) is 51.2. The molecular weight excluding hydrogens is 753 g/mol. The number of carbonyl (C=O) groups excluding carboxylic acids is 2. The van der Waals surface area contributed by atoms with Crippen LogP contribution < -0.4 is 14.2 Å². The van der Waals surface area contributed by atoms with Crippen molar-refractivity contribution in [3.63, 3.8) is 0 Å². The van der Waals surface area contributed by atoms with Gasteiger partial charge in [-0.1, -0.05) is 223 Å². The number of hydrogen-bond donors (Lipinski definition) is 0. The van der Waals surface area contributed by atoms with Crippen molar-refractivity contribution in [3.05, 3.63) is 102 Å². The zero-order chi connectivity index (χ0) is 43.3. The molecule has 0 aliphatic rings. The van der Waals surface area contributed by atoms with E-state index in [-0.39, 0.29) is 5.78 Å². The lowest BCUT2D eigenvalue weighted by atomic mass is 10.0. The number of hydrogen-bond acceptors (Lipinski definition) is 5. The fourth-order valence-corrected chi connectivity index (χ4v) is 7.62. The maximum atomic E-state index is 13.0. The number of unbranched alkanes of at least 4 members (excludes halogenated alkanes) is 26. The van der Waals surface area contributed by atoms with Gasteiger partial charge in [-0.15, -0.1) is 0 Å². The van der Waals surface area contributed by atoms with Gasteiger partial charge in [-0.2, -0.15) is 0 Å². The average Bonchev–Trinajstić information content (AvgIpc) is 3.28. The van der Waals surface area contributed by atoms with Crippen molar-refractivity contribution in [1.29, 1.82) is 0 Å². The van der Waals surface area contributed by atoms with Crippen molar-refractivity contribution in [2.24, 2.45) is 0 Å². The number of ether oxygens (including phenoxy) is 3. The molecular formula is C56H82O5. The molecule has 0 amide bonds. The molecule has 0 aliphatic carbocycles. The van der Waals surface area contributed by atoms with Gasteiger partial charge in [-0.3, -0.25) is 4.79 Å². The molecule has 0 fully saturated rings. The zero-order valence-corrected chi connectivity index (χ0v) is 38.5. The quantitative estimate of drug-likeness (QED) is 0.0189. The molecule has 3 rings (SSSR count). The second-order valence-electron chi connectivity index (χ2n) is 17.0. The number of allylic oxidation sites excluding steroid dienone is 1. The molecule has 336 valence electrons. The lowest BCUT2D eigenvalue weighted by Gasteiger charge is -2.07. The van der Waals surface area contributed by atoms with E-state index < -0.39 is 5.97 Å². The zero-order valence-electron chi connectivity index (χ0n) is 38.5. The Balaban J connectivity index is 1.22. The number of benzene rings is 3. The predicted molar refractivity (Wildman–Crippen MR) is 259 cm³/mol. The molecule has 0 unspecified atom stereocenters. The summed E-state index contributed by atoms with van der Waals surface area (Å²) in [5.41, 5.74) is 2.23. The first-order valence-electron chi connectivity index (χ1n) is 24.8. The van der Waals surface area contributed by atoms with Crippen LogP contribution in [0.3, 0.4) is 0 Å². The Morgan fingerprint density at radius 1 is 0.410 bits per heavy atom. The van der Waals surface area contributed by atoms with E-state index >= 15 is 0 Å². The highest BCUT2D eigenvalue weighted by atomic mass is 16.5. The van der Waals surface area contributed by atoms with E-state index in [4.69, 9.17) is 14.2 Å². The van der Waals surface area contributed by atoms with Gasteiger partial charge in [0, 0.05) is 11.6 Å². The molecule has 0 bridgehead atoms. The molecule has 0 aliphatic heterocycles. The highest BCUT2D eigenvalue weighted by molar-refractivity contribution is 6.07. The van der Waals surface area contributed by atoms with Crippen LogP contribution in [0.4, 0.5) is 0 Å². The van der Waals surface area contributed by atoms with Crippen LogP contribution in [0.25, 0.3) is 12.2 Å². The van der Waals surface area contributed by atoms with E-state index in [2.05, 4.69) is 13.8 Å². The Kier molecular flexibility index (Phi) is 29.8. The Labute approximate surface area is 372 Å². The minimum atomic E-state index is -0.510. The highest BCUT2D eigenvalue weighted by Gasteiger charge is 2.07. The van der Waals surface area contributed by atoms with Gasteiger partial charge in [-0.05, 0) is 72.5 Å². The van der Waals surface area contributed by atoms with Crippen molar-refractivity contribution in [2.45, 2.75) is 194 Å². The van der Waals surface area contributed by atoms with Crippen molar-refractivity contribution < 1.29 is 23.8 Å². The molecule has 5 nitrogen and oxygen atoms in total. The van der Waals surface area contributed by atoms with Gasteiger partial charge in [0.25, 0.3) is 0 Å². The molecule has 0 aromatic heterocycles. The van der Waals surface area contributed by atoms with E-state index in [1.807, 2.05) is 48.5 Å². The first-order chi connectivity index (χ1) is 30.1.